The number of hydrogen-bond donors (Lipinski definition) is 0. The summed E-state index contributed by atoms with van der Waals surface area (Å²) < 4.78 is 18.9. The monoisotopic (exact) mass is 409 g/mol. The Hall–Kier alpha value is -2.24. The van der Waals surface area contributed by atoms with Gasteiger partial charge < -0.3 is 9.42 Å². The fraction of sp³-hybridized carbons (Fsp3) is 0.625. The predicted molar refractivity (Wildman–Crippen MR) is 109 cm³/mol. The molecular weight excluding hydrogens is 381 g/mol. The normalized spacial score (nSPS) is 35.0. The molecule has 1 amide bonds. The van der Waals surface area contributed by atoms with Crippen molar-refractivity contribution >= 4 is 5.91 Å². The maximum absolute atomic E-state index is 13.9. The van der Waals surface area contributed by atoms with Crippen molar-refractivity contribution in [2.75, 3.05) is 6.54 Å². The maximum Gasteiger partial charge on any atom is 0.249 e. The second-order valence-corrected chi connectivity index (χ2v) is 10.2. The van der Waals surface area contributed by atoms with Crippen LogP contribution in [-0.4, -0.2) is 27.5 Å². The predicted octanol–water partition coefficient (Wildman–Crippen LogP) is 5.15. The van der Waals surface area contributed by atoms with Crippen molar-refractivity contribution in [1.29, 1.82) is 0 Å². The lowest BCUT2D eigenvalue weighted by Gasteiger charge is -2.57. The highest BCUT2D eigenvalue weighted by Crippen LogP contribution is 2.61. The van der Waals surface area contributed by atoms with E-state index in [4.69, 9.17) is 4.52 Å². The number of carbonyl (C=O) groups is 1. The Labute approximate surface area is 176 Å². The van der Waals surface area contributed by atoms with E-state index in [1.165, 1.54) is 31.4 Å². The number of nitrogens with zero attached hydrogens (tertiary/aromatic N) is 3. The van der Waals surface area contributed by atoms with Gasteiger partial charge in [0.2, 0.25) is 17.6 Å². The lowest BCUT2D eigenvalue weighted by Crippen LogP contribution is -2.55. The summed E-state index contributed by atoms with van der Waals surface area (Å²) in [6.07, 6.45) is 10.2. The number of benzene rings is 1. The van der Waals surface area contributed by atoms with Crippen molar-refractivity contribution in [2.45, 2.75) is 63.8 Å². The van der Waals surface area contributed by atoms with Gasteiger partial charge in [0, 0.05) is 12.1 Å². The molecule has 5 aliphatic rings. The lowest BCUT2D eigenvalue weighted by atomic mass is 9.49. The number of halogens is 1. The summed E-state index contributed by atoms with van der Waals surface area (Å²) in [5, 5.41) is 4.13. The molecule has 0 radical (unpaired) electrons. The Kier molecular flexibility index (Phi) is 4.26. The second kappa shape index (κ2) is 6.89. The first kappa shape index (κ1) is 18.5. The first-order valence-electron chi connectivity index (χ1n) is 11.5. The molecule has 0 spiro atoms. The highest BCUT2D eigenvalue weighted by Gasteiger charge is 2.56. The number of piperidine rings is 1. The van der Waals surface area contributed by atoms with Crippen LogP contribution in [-0.2, 0) is 4.79 Å². The minimum atomic E-state index is -0.290. The molecule has 0 N–H and O–H groups in total. The standard InChI is InChI=1S/C24H28FN3O2/c25-19-6-4-18(5-7-19)21-26-22(30-27-21)20-3-1-2-8-28(20)23(29)24-12-15-9-16(13-24)11-17(10-15)14-24/h4-7,15-17,20H,1-3,8-14H2/t15?,16?,17?,20-,24?/m1/s1. The van der Waals surface area contributed by atoms with Gasteiger partial charge in [-0.15, -0.1) is 0 Å². The van der Waals surface area contributed by atoms with Crippen molar-refractivity contribution in [2.24, 2.45) is 23.2 Å². The molecule has 6 heteroatoms. The van der Waals surface area contributed by atoms with Gasteiger partial charge >= 0.3 is 0 Å². The van der Waals surface area contributed by atoms with Crippen LogP contribution in [0.2, 0.25) is 0 Å². The maximum atomic E-state index is 13.9. The first-order valence-corrected chi connectivity index (χ1v) is 11.5. The summed E-state index contributed by atoms with van der Waals surface area (Å²) in [6, 6.07) is 5.97. The zero-order chi connectivity index (χ0) is 20.3. The molecule has 4 saturated carbocycles. The molecule has 1 saturated heterocycles. The molecule has 1 aliphatic heterocycles. The number of aromatic nitrogens is 2. The molecule has 7 rings (SSSR count). The van der Waals surface area contributed by atoms with Gasteiger partial charge in [-0.1, -0.05) is 5.16 Å². The fourth-order valence-corrected chi connectivity index (χ4v) is 7.20. The van der Waals surface area contributed by atoms with Crippen LogP contribution in [0.15, 0.2) is 28.8 Å². The zero-order valence-corrected chi connectivity index (χ0v) is 17.2. The molecule has 158 valence electrons. The van der Waals surface area contributed by atoms with E-state index in [0.29, 0.717) is 17.6 Å². The summed E-state index contributed by atoms with van der Waals surface area (Å²) in [6.45, 7) is 0.777. The van der Waals surface area contributed by atoms with Crippen LogP contribution in [0.4, 0.5) is 4.39 Å². The Morgan fingerprint density at radius 1 is 1.03 bits per heavy atom. The van der Waals surface area contributed by atoms with Gasteiger partial charge in [0.05, 0.1) is 5.41 Å². The van der Waals surface area contributed by atoms with E-state index in [2.05, 4.69) is 15.0 Å². The summed E-state index contributed by atoms with van der Waals surface area (Å²) in [5.74, 6) is 3.27. The Morgan fingerprint density at radius 3 is 2.37 bits per heavy atom. The van der Waals surface area contributed by atoms with Crippen LogP contribution >= 0.6 is 0 Å². The van der Waals surface area contributed by atoms with E-state index in [-0.39, 0.29) is 17.3 Å². The third-order valence-electron chi connectivity index (χ3n) is 8.08. The molecule has 5 fully saturated rings. The van der Waals surface area contributed by atoms with Crippen molar-refractivity contribution < 1.29 is 13.7 Å². The van der Waals surface area contributed by atoms with Crippen molar-refractivity contribution in [3.05, 3.63) is 36.0 Å². The van der Waals surface area contributed by atoms with Gasteiger partial charge in [-0.3, -0.25) is 4.79 Å². The van der Waals surface area contributed by atoms with Gasteiger partial charge in [-0.2, -0.15) is 4.98 Å². The number of amides is 1. The number of rotatable bonds is 3. The van der Waals surface area contributed by atoms with Gasteiger partial charge in [0.1, 0.15) is 11.9 Å². The van der Waals surface area contributed by atoms with E-state index in [1.807, 2.05) is 0 Å². The van der Waals surface area contributed by atoms with Gasteiger partial charge in [0.15, 0.2) is 0 Å². The summed E-state index contributed by atoms with van der Waals surface area (Å²) >= 11 is 0. The largest absolute Gasteiger partial charge is 0.337 e. The highest BCUT2D eigenvalue weighted by molar-refractivity contribution is 5.83. The van der Waals surface area contributed by atoms with Gasteiger partial charge in [0.25, 0.3) is 0 Å². The van der Waals surface area contributed by atoms with Crippen LogP contribution < -0.4 is 0 Å². The Balaban J connectivity index is 1.28. The third kappa shape index (κ3) is 2.98. The molecular formula is C24H28FN3O2. The van der Waals surface area contributed by atoms with Crippen LogP contribution in [0.1, 0.15) is 69.7 Å². The molecule has 2 aromatic rings. The van der Waals surface area contributed by atoms with Gasteiger partial charge in [-0.05, 0) is 99.8 Å². The molecule has 2 heterocycles. The lowest BCUT2D eigenvalue weighted by molar-refractivity contribution is -0.162. The van der Waals surface area contributed by atoms with E-state index in [0.717, 1.165) is 68.4 Å². The Bertz CT molecular complexity index is 918. The molecule has 1 aromatic heterocycles. The molecule has 30 heavy (non-hydrogen) atoms. The molecule has 1 atom stereocenters. The highest BCUT2D eigenvalue weighted by atomic mass is 19.1. The number of likely N-dealkylation sites (tertiary alicyclic amines) is 1. The van der Waals surface area contributed by atoms with E-state index >= 15 is 0 Å². The van der Waals surface area contributed by atoms with Crippen LogP contribution in [0, 0.1) is 29.0 Å². The minimum Gasteiger partial charge on any atom is -0.337 e. The fourth-order valence-electron chi connectivity index (χ4n) is 7.20. The molecule has 4 aliphatic carbocycles. The Morgan fingerprint density at radius 2 is 1.70 bits per heavy atom. The second-order valence-electron chi connectivity index (χ2n) is 10.2. The SMILES string of the molecule is O=C(N1CCCC[C@@H]1c1nc(-c2ccc(F)cc2)no1)C12CC3CC(CC(C3)C1)C2. The quantitative estimate of drug-likeness (QED) is 0.704. The average molecular weight is 410 g/mol. The van der Waals surface area contributed by atoms with E-state index in [1.54, 1.807) is 12.1 Å². The molecule has 1 aromatic carbocycles. The average Bonchev–Trinajstić information content (AvgIpc) is 3.23. The number of hydrogen-bond acceptors (Lipinski definition) is 4. The first-order chi connectivity index (χ1) is 14.6. The van der Waals surface area contributed by atoms with Crippen LogP contribution in [0.5, 0.6) is 0 Å². The van der Waals surface area contributed by atoms with Gasteiger partial charge in [-0.25, -0.2) is 4.39 Å². The number of carbonyl (C=O) groups excluding carboxylic acids is 1. The third-order valence-corrected chi connectivity index (χ3v) is 8.08. The smallest absolute Gasteiger partial charge is 0.249 e. The van der Waals surface area contributed by atoms with Crippen molar-refractivity contribution in [3.8, 4) is 11.4 Å². The minimum absolute atomic E-state index is 0.138. The zero-order valence-electron chi connectivity index (χ0n) is 17.2. The van der Waals surface area contributed by atoms with Crippen molar-refractivity contribution in [3.63, 3.8) is 0 Å². The van der Waals surface area contributed by atoms with E-state index in [9.17, 15) is 9.18 Å². The summed E-state index contributed by atoms with van der Waals surface area (Å²) in [5.41, 5.74) is 0.575. The van der Waals surface area contributed by atoms with Crippen molar-refractivity contribution in [1.82, 2.24) is 15.0 Å². The molecule has 5 nitrogen and oxygen atoms in total. The topological polar surface area (TPSA) is 59.2 Å². The molecule has 0 unspecified atom stereocenters. The summed E-state index contributed by atoms with van der Waals surface area (Å²) in [7, 11) is 0. The summed E-state index contributed by atoms with van der Waals surface area (Å²) in [4.78, 5) is 20.6. The van der Waals surface area contributed by atoms with E-state index < -0.39 is 0 Å². The molecule has 4 bridgehead atoms. The van der Waals surface area contributed by atoms with Crippen LogP contribution in [0.3, 0.4) is 0 Å². The van der Waals surface area contributed by atoms with Crippen LogP contribution in [0.25, 0.3) is 11.4 Å².